The highest BCUT2D eigenvalue weighted by atomic mass is 35.5. The van der Waals surface area contributed by atoms with Crippen LogP contribution >= 0.6 is 23.2 Å². The van der Waals surface area contributed by atoms with E-state index in [-0.39, 0.29) is 5.88 Å². The number of ether oxygens (including phenoxy) is 1. The summed E-state index contributed by atoms with van der Waals surface area (Å²) in [4.78, 5) is 15.8. The second kappa shape index (κ2) is 5.42. The molecule has 0 spiro atoms. The molecular formula is C13H11Cl2N3O2. The number of benzene rings is 1. The fourth-order valence-electron chi connectivity index (χ4n) is 1.72. The quantitative estimate of drug-likeness (QED) is 0.871. The Hall–Kier alpha value is -1.59. The zero-order valence-electron chi connectivity index (χ0n) is 10.4. The number of rotatable bonds is 4. The van der Waals surface area contributed by atoms with E-state index in [0.717, 1.165) is 4.68 Å². The van der Waals surface area contributed by atoms with E-state index in [1.165, 1.54) is 19.0 Å². The molecule has 0 N–H and O–H groups in total. The topological polar surface area (TPSA) is 57.0 Å². The predicted octanol–water partition coefficient (Wildman–Crippen LogP) is 2.72. The van der Waals surface area contributed by atoms with Gasteiger partial charge in [-0.05, 0) is 37.0 Å². The van der Waals surface area contributed by atoms with Gasteiger partial charge in [-0.25, -0.2) is 4.79 Å². The maximum atomic E-state index is 11.9. The molecule has 1 aliphatic carbocycles. The normalized spacial score (nSPS) is 14.3. The van der Waals surface area contributed by atoms with Gasteiger partial charge in [0.2, 0.25) is 5.88 Å². The molecule has 7 heteroatoms. The molecule has 3 rings (SSSR count). The lowest BCUT2D eigenvalue weighted by Crippen LogP contribution is -2.24. The van der Waals surface area contributed by atoms with Crippen LogP contribution in [0.5, 0.6) is 5.88 Å². The highest BCUT2D eigenvalue weighted by molar-refractivity contribution is 6.34. The standard InChI is InChI=1S/C13H11Cl2N3O2/c14-9-3-10(15)5-11(4-9)18-13(19)17-12(6-16-18)20-7-8-1-2-8/h3-6,8H,1-2,7H2. The van der Waals surface area contributed by atoms with Crippen molar-refractivity contribution in [1.82, 2.24) is 14.8 Å². The predicted molar refractivity (Wildman–Crippen MR) is 75.9 cm³/mol. The first-order chi connectivity index (χ1) is 9.61. The molecule has 1 fully saturated rings. The minimum Gasteiger partial charge on any atom is -0.476 e. The van der Waals surface area contributed by atoms with Crippen LogP contribution in [0.15, 0.2) is 29.2 Å². The summed E-state index contributed by atoms with van der Waals surface area (Å²) in [6.45, 7) is 0.584. The van der Waals surface area contributed by atoms with E-state index in [9.17, 15) is 4.79 Å². The highest BCUT2D eigenvalue weighted by Gasteiger charge is 2.22. The Morgan fingerprint density at radius 3 is 2.55 bits per heavy atom. The van der Waals surface area contributed by atoms with Crippen molar-refractivity contribution in [3.8, 4) is 11.6 Å². The van der Waals surface area contributed by atoms with E-state index in [1.54, 1.807) is 18.2 Å². The fourth-order valence-corrected chi connectivity index (χ4v) is 2.24. The van der Waals surface area contributed by atoms with E-state index in [0.29, 0.717) is 28.3 Å². The second-order valence-electron chi connectivity index (χ2n) is 4.67. The molecule has 0 amide bonds. The van der Waals surface area contributed by atoms with Gasteiger partial charge in [0.15, 0.2) is 0 Å². The number of halogens is 2. The Kier molecular flexibility index (Phi) is 3.63. The second-order valence-corrected chi connectivity index (χ2v) is 5.54. The fraction of sp³-hybridized carbons (Fsp3) is 0.308. The van der Waals surface area contributed by atoms with Crippen molar-refractivity contribution in [2.75, 3.05) is 6.61 Å². The third-order valence-electron chi connectivity index (χ3n) is 2.93. The van der Waals surface area contributed by atoms with Gasteiger partial charge in [0.1, 0.15) is 6.20 Å². The van der Waals surface area contributed by atoms with E-state index in [1.807, 2.05) is 0 Å². The van der Waals surface area contributed by atoms with Gasteiger partial charge in [0.05, 0.1) is 12.3 Å². The summed E-state index contributed by atoms with van der Waals surface area (Å²) in [6, 6.07) is 4.76. The van der Waals surface area contributed by atoms with Gasteiger partial charge in [-0.3, -0.25) is 0 Å². The van der Waals surface area contributed by atoms with Crippen molar-refractivity contribution in [2.45, 2.75) is 12.8 Å². The molecule has 20 heavy (non-hydrogen) atoms. The van der Waals surface area contributed by atoms with Crippen LogP contribution < -0.4 is 10.4 Å². The molecule has 1 aromatic heterocycles. The van der Waals surface area contributed by atoms with E-state index < -0.39 is 5.69 Å². The number of aromatic nitrogens is 3. The molecule has 1 saturated carbocycles. The maximum absolute atomic E-state index is 11.9. The van der Waals surface area contributed by atoms with Crippen LogP contribution in [0.2, 0.25) is 10.0 Å². The first kappa shape index (κ1) is 13.4. The van der Waals surface area contributed by atoms with Gasteiger partial charge in [-0.2, -0.15) is 14.8 Å². The van der Waals surface area contributed by atoms with Crippen LogP contribution in [0.3, 0.4) is 0 Å². The molecule has 1 heterocycles. The Labute approximate surface area is 125 Å². The summed E-state index contributed by atoms with van der Waals surface area (Å²) >= 11 is 11.8. The lowest BCUT2D eigenvalue weighted by atomic mass is 10.3. The third-order valence-corrected chi connectivity index (χ3v) is 3.36. The number of hydrogen-bond acceptors (Lipinski definition) is 4. The van der Waals surface area contributed by atoms with Gasteiger partial charge in [0, 0.05) is 10.0 Å². The van der Waals surface area contributed by atoms with Crippen molar-refractivity contribution < 1.29 is 4.74 Å². The van der Waals surface area contributed by atoms with Crippen molar-refractivity contribution in [3.05, 3.63) is 44.9 Å². The van der Waals surface area contributed by atoms with E-state index in [2.05, 4.69) is 10.1 Å². The van der Waals surface area contributed by atoms with Crippen LogP contribution in [-0.2, 0) is 0 Å². The van der Waals surface area contributed by atoms with Gasteiger partial charge >= 0.3 is 5.69 Å². The smallest absolute Gasteiger partial charge is 0.372 e. The first-order valence-corrected chi connectivity index (χ1v) is 6.93. The molecule has 0 unspecified atom stereocenters. The average Bonchev–Trinajstić information content (AvgIpc) is 3.19. The maximum Gasteiger partial charge on any atom is 0.372 e. The van der Waals surface area contributed by atoms with Gasteiger partial charge in [-0.1, -0.05) is 23.2 Å². The number of nitrogens with zero attached hydrogens (tertiary/aromatic N) is 3. The van der Waals surface area contributed by atoms with Crippen molar-refractivity contribution >= 4 is 23.2 Å². The summed E-state index contributed by atoms with van der Waals surface area (Å²) in [5, 5.41) is 4.88. The van der Waals surface area contributed by atoms with Gasteiger partial charge < -0.3 is 4.74 Å². The van der Waals surface area contributed by atoms with Crippen LogP contribution in [-0.4, -0.2) is 21.4 Å². The summed E-state index contributed by atoms with van der Waals surface area (Å²) in [5.41, 5.74) is -0.0645. The first-order valence-electron chi connectivity index (χ1n) is 6.17. The number of hydrogen-bond donors (Lipinski definition) is 0. The molecule has 5 nitrogen and oxygen atoms in total. The zero-order chi connectivity index (χ0) is 14.1. The Balaban J connectivity index is 1.87. The summed E-state index contributed by atoms with van der Waals surface area (Å²) in [7, 11) is 0. The Morgan fingerprint density at radius 2 is 1.95 bits per heavy atom. The lowest BCUT2D eigenvalue weighted by molar-refractivity contribution is 0.284. The van der Waals surface area contributed by atoms with Crippen LogP contribution in [0.1, 0.15) is 12.8 Å². The molecule has 104 valence electrons. The summed E-state index contributed by atoms with van der Waals surface area (Å²) in [5.74, 6) is 0.831. The molecular weight excluding hydrogens is 301 g/mol. The van der Waals surface area contributed by atoms with Crippen LogP contribution in [0.4, 0.5) is 0 Å². The molecule has 1 aliphatic rings. The van der Waals surface area contributed by atoms with E-state index in [4.69, 9.17) is 27.9 Å². The largest absolute Gasteiger partial charge is 0.476 e. The average molecular weight is 312 g/mol. The molecule has 0 bridgehead atoms. The van der Waals surface area contributed by atoms with Crippen LogP contribution in [0.25, 0.3) is 5.69 Å². The minimum absolute atomic E-state index is 0.242. The van der Waals surface area contributed by atoms with Crippen molar-refractivity contribution in [1.29, 1.82) is 0 Å². The zero-order valence-corrected chi connectivity index (χ0v) is 11.9. The van der Waals surface area contributed by atoms with Crippen molar-refractivity contribution in [3.63, 3.8) is 0 Å². The molecule has 0 atom stereocenters. The summed E-state index contributed by atoms with van der Waals surface area (Å²) in [6.07, 6.45) is 3.76. The summed E-state index contributed by atoms with van der Waals surface area (Å²) < 4.78 is 6.54. The molecule has 2 aromatic rings. The Morgan fingerprint density at radius 1 is 1.25 bits per heavy atom. The monoisotopic (exact) mass is 311 g/mol. The van der Waals surface area contributed by atoms with Gasteiger partial charge in [-0.15, -0.1) is 0 Å². The van der Waals surface area contributed by atoms with E-state index >= 15 is 0 Å². The van der Waals surface area contributed by atoms with Crippen LogP contribution in [0, 0.1) is 5.92 Å². The molecule has 0 saturated heterocycles. The van der Waals surface area contributed by atoms with Crippen molar-refractivity contribution in [2.24, 2.45) is 5.92 Å². The SMILES string of the molecule is O=c1nc(OCC2CC2)cnn1-c1cc(Cl)cc(Cl)c1. The lowest BCUT2D eigenvalue weighted by Gasteiger charge is -2.07. The third kappa shape index (κ3) is 3.11. The Bertz CT molecular complexity index is 678. The molecule has 0 radical (unpaired) electrons. The van der Waals surface area contributed by atoms with Gasteiger partial charge in [0.25, 0.3) is 0 Å². The molecule has 0 aliphatic heterocycles. The minimum atomic E-state index is -0.531. The highest BCUT2D eigenvalue weighted by Crippen LogP contribution is 2.29. The molecule has 1 aromatic carbocycles.